The average molecular weight is 455 g/mol. The number of carbonyl (C=O) groups is 2. The fraction of sp³-hybridized carbons (Fsp3) is 0.273. The minimum absolute atomic E-state index is 0.167. The smallest absolute Gasteiger partial charge is 0.277 e. The van der Waals surface area contributed by atoms with Gasteiger partial charge in [-0.2, -0.15) is 0 Å². The lowest BCUT2D eigenvalue weighted by molar-refractivity contribution is -0.127. The third-order valence-corrected chi connectivity index (χ3v) is 6.33. The molecule has 1 aromatic heterocycles. The summed E-state index contributed by atoms with van der Waals surface area (Å²) >= 11 is 1.15. The van der Waals surface area contributed by atoms with Gasteiger partial charge in [-0.25, -0.2) is 4.39 Å². The van der Waals surface area contributed by atoms with E-state index in [0.717, 1.165) is 18.2 Å². The number of halogens is 1. The second-order valence-corrected chi connectivity index (χ2v) is 8.50. The van der Waals surface area contributed by atoms with E-state index in [1.165, 1.54) is 29.2 Å². The molecular weight excluding hydrogens is 437 g/mol. The maximum Gasteiger partial charge on any atom is 0.277 e. The Morgan fingerprint density at radius 3 is 2.72 bits per heavy atom. The Morgan fingerprint density at radius 1 is 1.06 bits per heavy atom. The number of imide groups is 1. The van der Waals surface area contributed by atoms with Crippen LogP contribution in [0.3, 0.4) is 0 Å². The lowest BCUT2D eigenvalue weighted by atomic mass is 10.2. The molecule has 0 unspecified atom stereocenters. The van der Waals surface area contributed by atoms with Crippen LogP contribution in [0.5, 0.6) is 11.5 Å². The number of fused-ring (bicyclic) bond motifs is 1. The molecule has 164 valence electrons. The Bertz CT molecular complexity index is 1170. The average Bonchev–Trinajstić information content (AvgIpc) is 3.43. The number of nitrogens with zero attached hydrogens (tertiary/aromatic N) is 3. The number of likely N-dealkylation sites (tertiary alicyclic amines) is 1. The Hall–Kier alpha value is -3.40. The summed E-state index contributed by atoms with van der Waals surface area (Å²) in [6.45, 7) is 0.485. The zero-order chi connectivity index (χ0) is 22.1. The molecule has 3 aromatic rings. The lowest BCUT2D eigenvalue weighted by Crippen LogP contribution is -2.41. The maximum atomic E-state index is 13.2. The van der Waals surface area contributed by atoms with Crippen molar-refractivity contribution in [3.8, 4) is 23.0 Å². The molecule has 8 nitrogen and oxygen atoms in total. The van der Waals surface area contributed by atoms with Gasteiger partial charge in [-0.3, -0.25) is 14.5 Å². The molecule has 1 fully saturated rings. The topological polar surface area (TPSA) is 94.8 Å². The van der Waals surface area contributed by atoms with Gasteiger partial charge in [0.2, 0.25) is 18.6 Å². The van der Waals surface area contributed by atoms with E-state index in [9.17, 15) is 14.0 Å². The molecule has 32 heavy (non-hydrogen) atoms. The fourth-order valence-electron chi connectivity index (χ4n) is 3.59. The van der Waals surface area contributed by atoms with E-state index in [4.69, 9.17) is 13.9 Å². The Morgan fingerprint density at radius 2 is 1.88 bits per heavy atom. The number of amides is 2. The van der Waals surface area contributed by atoms with Crippen molar-refractivity contribution in [3.05, 3.63) is 53.8 Å². The van der Waals surface area contributed by atoms with Crippen LogP contribution >= 0.6 is 11.8 Å². The van der Waals surface area contributed by atoms with E-state index in [2.05, 4.69) is 10.2 Å². The molecule has 1 atom stereocenters. The van der Waals surface area contributed by atoms with Gasteiger partial charge >= 0.3 is 0 Å². The summed E-state index contributed by atoms with van der Waals surface area (Å²) in [6, 6.07) is 10.5. The van der Waals surface area contributed by atoms with Gasteiger partial charge in [0.1, 0.15) is 5.82 Å². The highest BCUT2D eigenvalue weighted by molar-refractivity contribution is 8.00. The summed E-state index contributed by atoms with van der Waals surface area (Å²) in [7, 11) is 0. The summed E-state index contributed by atoms with van der Waals surface area (Å²) < 4.78 is 29.6. The van der Waals surface area contributed by atoms with Crippen molar-refractivity contribution in [1.29, 1.82) is 0 Å². The molecule has 2 aliphatic rings. The lowest BCUT2D eigenvalue weighted by Gasteiger charge is -2.21. The van der Waals surface area contributed by atoms with Crippen LogP contribution in [0.1, 0.15) is 29.6 Å². The van der Waals surface area contributed by atoms with Crippen molar-refractivity contribution >= 4 is 23.6 Å². The zero-order valence-electron chi connectivity index (χ0n) is 16.8. The molecule has 2 amide bonds. The molecule has 2 aliphatic heterocycles. The summed E-state index contributed by atoms with van der Waals surface area (Å²) in [4.78, 5) is 27.2. The summed E-state index contributed by atoms with van der Waals surface area (Å²) in [5.74, 6) is 0.360. The van der Waals surface area contributed by atoms with Crippen molar-refractivity contribution < 1.29 is 27.9 Å². The van der Waals surface area contributed by atoms with Gasteiger partial charge in [-0.05, 0) is 55.3 Å². The van der Waals surface area contributed by atoms with Crippen molar-refractivity contribution in [3.63, 3.8) is 0 Å². The van der Waals surface area contributed by atoms with Crippen LogP contribution in [0.4, 0.5) is 4.39 Å². The number of aromatic nitrogens is 2. The van der Waals surface area contributed by atoms with Crippen LogP contribution in [0.15, 0.2) is 52.1 Å². The first-order chi connectivity index (χ1) is 15.6. The molecule has 0 radical (unpaired) electrons. The largest absolute Gasteiger partial charge is 0.454 e. The first kappa shape index (κ1) is 20.5. The van der Waals surface area contributed by atoms with E-state index in [0.29, 0.717) is 42.3 Å². The van der Waals surface area contributed by atoms with Crippen LogP contribution in [0, 0.1) is 5.82 Å². The van der Waals surface area contributed by atoms with E-state index >= 15 is 0 Å². The first-order valence-electron chi connectivity index (χ1n) is 10.1. The number of hydrogen-bond acceptors (Lipinski definition) is 8. The molecule has 0 N–H and O–H groups in total. The predicted molar refractivity (Wildman–Crippen MR) is 112 cm³/mol. The Kier molecular flexibility index (Phi) is 5.52. The summed E-state index contributed by atoms with van der Waals surface area (Å²) in [5, 5.41) is 7.84. The molecule has 2 aromatic carbocycles. The predicted octanol–water partition coefficient (Wildman–Crippen LogP) is 3.92. The maximum absolute atomic E-state index is 13.2. The third-order valence-electron chi connectivity index (χ3n) is 5.24. The minimum atomic E-state index is -0.535. The second kappa shape index (κ2) is 8.62. The van der Waals surface area contributed by atoms with E-state index in [1.54, 1.807) is 18.2 Å². The van der Waals surface area contributed by atoms with Crippen LogP contribution in [-0.2, 0) is 4.79 Å². The molecule has 10 heteroatoms. The summed E-state index contributed by atoms with van der Waals surface area (Å²) in [6.07, 6.45) is 2.06. The molecule has 0 saturated carbocycles. The number of benzene rings is 2. The number of ether oxygens (including phenoxy) is 2. The van der Waals surface area contributed by atoms with Gasteiger partial charge in [0.25, 0.3) is 11.1 Å². The Balaban J connectivity index is 1.32. The number of carbonyl (C=O) groups excluding carboxylic acids is 2. The van der Waals surface area contributed by atoms with Crippen molar-refractivity contribution in [2.45, 2.75) is 29.7 Å². The van der Waals surface area contributed by atoms with Gasteiger partial charge in [-0.15, -0.1) is 10.2 Å². The molecule has 0 spiro atoms. The number of hydrogen-bond donors (Lipinski definition) is 0. The van der Waals surface area contributed by atoms with Crippen molar-refractivity contribution in [2.24, 2.45) is 0 Å². The third kappa shape index (κ3) is 4.05. The Labute approximate surface area is 186 Å². The second-order valence-electron chi connectivity index (χ2n) is 7.35. The highest BCUT2D eigenvalue weighted by Gasteiger charge is 2.33. The molecular formula is C22H18FN3O5S. The van der Waals surface area contributed by atoms with Gasteiger partial charge < -0.3 is 13.9 Å². The van der Waals surface area contributed by atoms with Crippen LogP contribution < -0.4 is 9.47 Å². The molecule has 5 rings (SSSR count). The molecule has 1 saturated heterocycles. The monoisotopic (exact) mass is 455 g/mol. The van der Waals surface area contributed by atoms with Crippen LogP contribution in [0.2, 0.25) is 0 Å². The number of rotatable bonds is 4. The van der Waals surface area contributed by atoms with Crippen LogP contribution in [0.25, 0.3) is 11.5 Å². The van der Waals surface area contributed by atoms with Crippen molar-refractivity contribution in [2.75, 3.05) is 13.3 Å². The standard InChI is InChI=1S/C22H18FN3O5S/c23-15-7-4-13(5-8-15)20(27)26-10-2-1-3-18(21(26)28)32-22-25-24-19(31-22)14-6-9-16-17(11-14)30-12-29-16/h4-9,11,18H,1-3,10,12H2/t18-/m1/s1. The van der Waals surface area contributed by atoms with Gasteiger partial charge in [0.05, 0.1) is 5.25 Å². The summed E-state index contributed by atoms with van der Waals surface area (Å²) in [5.41, 5.74) is 0.946. The van der Waals surface area contributed by atoms with E-state index in [-0.39, 0.29) is 23.5 Å². The van der Waals surface area contributed by atoms with Gasteiger partial charge in [0, 0.05) is 17.7 Å². The molecule has 0 aliphatic carbocycles. The molecule has 3 heterocycles. The SMILES string of the molecule is O=C(c1ccc(F)cc1)N1CCCC[C@@H](Sc2nnc(-c3ccc4c(c3)OCO4)o2)C1=O. The van der Waals surface area contributed by atoms with E-state index < -0.39 is 17.0 Å². The normalized spacial score (nSPS) is 18.0. The van der Waals surface area contributed by atoms with Crippen molar-refractivity contribution in [1.82, 2.24) is 15.1 Å². The zero-order valence-corrected chi connectivity index (χ0v) is 17.6. The quantitative estimate of drug-likeness (QED) is 0.547. The van der Waals surface area contributed by atoms with Gasteiger partial charge in [0.15, 0.2) is 11.5 Å². The minimum Gasteiger partial charge on any atom is -0.454 e. The first-order valence-corrected chi connectivity index (χ1v) is 11.0. The fourth-order valence-corrected chi connectivity index (χ4v) is 4.56. The molecule has 0 bridgehead atoms. The van der Waals surface area contributed by atoms with Gasteiger partial charge in [-0.1, -0.05) is 18.2 Å². The highest BCUT2D eigenvalue weighted by Crippen LogP contribution is 2.37. The highest BCUT2D eigenvalue weighted by atomic mass is 32.2. The number of thioether (sulfide) groups is 1. The van der Waals surface area contributed by atoms with Crippen LogP contribution in [-0.4, -0.2) is 45.5 Å². The van der Waals surface area contributed by atoms with E-state index in [1.807, 2.05) is 0 Å².